The Kier molecular flexibility index (Phi) is 8.09. The minimum Gasteiger partial charge on any atom is -0.493 e. The van der Waals surface area contributed by atoms with Gasteiger partial charge in [-0.15, -0.1) is 0 Å². The Labute approximate surface area is 214 Å². The standard InChI is InChI=1S/C28H25ClFN3O3/c1-35-26-17-21(16-25(29)27(26)36-19-20-6-5-7-23(30)15-20)14-22(18-31)28(34)33-12-10-32(11-13-33)24-8-3-2-4-9-24/h2-9,14-17H,10-13,19H2,1H3/b22-14-. The van der Waals surface area contributed by atoms with Crippen molar-refractivity contribution in [3.05, 3.63) is 94.3 Å². The molecule has 0 bridgehead atoms. The number of methoxy groups -OCH3 is 1. The molecule has 0 aromatic heterocycles. The molecule has 0 radical (unpaired) electrons. The highest BCUT2D eigenvalue weighted by atomic mass is 35.5. The van der Waals surface area contributed by atoms with Gasteiger partial charge in [-0.3, -0.25) is 4.79 Å². The smallest absolute Gasteiger partial charge is 0.264 e. The Morgan fingerprint density at radius 3 is 2.50 bits per heavy atom. The number of hydrogen-bond donors (Lipinski definition) is 0. The first-order valence-electron chi connectivity index (χ1n) is 11.4. The van der Waals surface area contributed by atoms with Crippen molar-refractivity contribution in [2.24, 2.45) is 0 Å². The van der Waals surface area contributed by atoms with E-state index in [1.54, 1.807) is 29.2 Å². The van der Waals surface area contributed by atoms with E-state index in [1.165, 1.54) is 25.3 Å². The summed E-state index contributed by atoms with van der Waals surface area (Å²) in [6.45, 7) is 2.50. The number of anilines is 1. The summed E-state index contributed by atoms with van der Waals surface area (Å²) >= 11 is 6.45. The van der Waals surface area contributed by atoms with Crippen LogP contribution in [0.25, 0.3) is 6.08 Å². The van der Waals surface area contributed by atoms with Gasteiger partial charge in [-0.05, 0) is 53.6 Å². The average molecular weight is 506 g/mol. The quantitative estimate of drug-likeness (QED) is 0.321. The topological polar surface area (TPSA) is 65.8 Å². The van der Waals surface area contributed by atoms with E-state index in [4.69, 9.17) is 21.1 Å². The van der Waals surface area contributed by atoms with E-state index >= 15 is 0 Å². The SMILES string of the molecule is COc1cc(/C=C(/C#N)C(=O)N2CCN(c3ccccc3)CC2)cc(Cl)c1OCc1cccc(F)c1. The molecule has 0 atom stereocenters. The number of benzene rings is 3. The molecular weight excluding hydrogens is 481 g/mol. The second kappa shape index (κ2) is 11.6. The molecule has 1 saturated heterocycles. The van der Waals surface area contributed by atoms with Gasteiger partial charge in [-0.1, -0.05) is 41.9 Å². The Bertz CT molecular complexity index is 1300. The van der Waals surface area contributed by atoms with E-state index < -0.39 is 0 Å². The Morgan fingerprint density at radius 2 is 1.83 bits per heavy atom. The third-order valence-corrected chi connectivity index (χ3v) is 6.15. The average Bonchev–Trinajstić information content (AvgIpc) is 2.91. The van der Waals surface area contributed by atoms with Crippen LogP contribution < -0.4 is 14.4 Å². The van der Waals surface area contributed by atoms with Crippen LogP contribution in [-0.2, 0) is 11.4 Å². The van der Waals surface area contributed by atoms with Gasteiger partial charge in [0.15, 0.2) is 11.5 Å². The number of ether oxygens (including phenoxy) is 2. The van der Waals surface area contributed by atoms with Gasteiger partial charge in [0.2, 0.25) is 0 Å². The number of hydrogen-bond acceptors (Lipinski definition) is 5. The van der Waals surface area contributed by atoms with Gasteiger partial charge in [0.1, 0.15) is 24.1 Å². The van der Waals surface area contributed by atoms with E-state index in [1.807, 2.05) is 36.4 Å². The summed E-state index contributed by atoms with van der Waals surface area (Å²) in [6, 6.07) is 21.4. The van der Waals surface area contributed by atoms with Crippen molar-refractivity contribution in [3.8, 4) is 17.6 Å². The molecule has 0 N–H and O–H groups in total. The zero-order valence-electron chi connectivity index (χ0n) is 19.8. The molecule has 0 saturated carbocycles. The third kappa shape index (κ3) is 5.96. The molecule has 1 fully saturated rings. The monoisotopic (exact) mass is 505 g/mol. The molecular formula is C28H25ClFN3O3. The lowest BCUT2D eigenvalue weighted by molar-refractivity contribution is -0.126. The second-order valence-corrected chi connectivity index (χ2v) is 8.64. The molecule has 3 aromatic rings. The zero-order valence-corrected chi connectivity index (χ0v) is 20.5. The van der Waals surface area contributed by atoms with Gasteiger partial charge in [0.25, 0.3) is 5.91 Å². The van der Waals surface area contributed by atoms with Crippen LogP contribution >= 0.6 is 11.6 Å². The van der Waals surface area contributed by atoms with E-state index in [-0.39, 0.29) is 28.9 Å². The van der Waals surface area contributed by atoms with Gasteiger partial charge in [0, 0.05) is 31.9 Å². The first-order chi connectivity index (χ1) is 17.5. The fraction of sp³-hybridized carbons (Fsp3) is 0.214. The van der Waals surface area contributed by atoms with Crippen molar-refractivity contribution in [3.63, 3.8) is 0 Å². The molecule has 1 heterocycles. The maximum absolute atomic E-state index is 13.4. The van der Waals surface area contributed by atoms with Crippen LogP contribution in [0.1, 0.15) is 11.1 Å². The van der Waals surface area contributed by atoms with Crippen molar-refractivity contribution in [1.82, 2.24) is 4.90 Å². The van der Waals surface area contributed by atoms with E-state index in [2.05, 4.69) is 4.90 Å². The predicted molar refractivity (Wildman–Crippen MR) is 138 cm³/mol. The number of rotatable bonds is 7. The van der Waals surface area contributed by atoms with Crippen LogP contribution in [0, 0.1) is 17.1 Å². The number of nitrogens with zero attached hydrogens (tertiary/aromatic N) is 3. The number of halogens is 2. The van der Waals surface area contributed by atoms with Crippen LogP contribution in [0.5, 0.6) is 11.5 Å². The summed E-state index contributed by atoms with van der Waals surface area (Å²) < 4.78 is 24.7. The van der Waals surface area contributed by atoms with Crippen LogP contribution in [0.2, 0.25) is 5.02 Å². The first kappa shape index (κ1) is 25.1. The summed E-state index contributed by atoms with van der Waals surface area (Å²) in [5.74, 6) is -0.0506. The number of amides is 1. The molecule has 6 nitrogen and oxygen atoms in total. The fourth-order valence-corrected chi connectivity index (χ4v) is 4.30. The summed E-state index contributed by atoms with van der Waals surface area (Å²) in [7, 11) is 1.47. The van der Waals surface area contributed by atoms with Gasteiger partial charge < -0.3 is 19.3 Å². The maximum Gasteiger partial charge on any atom is 0.264 e. The number of piperazine rings is 1. The van der Waals surface area contributed by atoms with Crippen molar-refractivity contribution in [1.29, 1.82) is 5.26 Å². The zero-order chi connectivity index (χ0) is 25.5. The van der Waals surface area contributed by atoms with Crippen molar-refractivity contribution in [2.45, 2.75) is 6.61 Å². The van der Waals surface area contributed by atoms with E-state index in [9.17, 15) is 14.4 Å². The lowest BCUT2D eigenvalue weighted by atomic mass is 10.1. The van der Waals surface area contributed by atoms with Gasteiger partial charge in [-0.25, -0.2) is 4.39 Å². The second-order valence-electron chi connectivity index (χ2n) is 8.24. The van der Waals surface area contributed by atoms with Crippen LogP contribution in [0.4, 0.5) is 10.1 Å². The normalized spacial score (nSPS) is 13.8. The molecule has 1 aliphatic rings. The maximum atomic E-state index is 13.4. The Morgan fingerprint density at radius 1 is 1.08 bits per heavy atom. The predicted octanol–water partition coefficient (Wildman–Crippen LogP) is 5.32. The summed E-state index contributed by atoms with van der Waals surface area (Å²) in [5.41, 5.74) is 2.29. The fourth-order valence-electron chi connectivity index (χ4n) is 4.03. The number of nitriles is 1. The highest BCUT2D eigenvalue weighted by Gasteiger charge is 2.24. The number of carbonyl (C=O) groups excluding carboxylic acids is 1. The molecule has 36 heavy (non-hydrogen) atoms. The lowest BCUT2D eigenvalue weighted by Gasteiger charge is -2.36. The van der Waals surface area contributed by atoms with Crippen molar-refractivity contribution < 1.29 is 18.7 Å². The van der Waals surface area contributed by atoms with Gasteiger partial charge >= 0.3 is 0 Å². The molecule has 1 amide bonds. The minimum atomic E-state index is -0.357. The highest BCUT2D eigenvalue weighted by Crippen LogP contribution is 2.37. The molecule has 8 heteroatoms. The molecule has 3 aromatic carbocycles. The first-order valence-corrected chi connectivity index (χ1v) is 11.8. The van der Waals surface area contributed by atoms with E-state index in [0.717, 1.165) is 5.69 Å². The molecule has 184 valence electrons. The summed E-state index contributed by atoms with van der Waals surface area (Å²) in [5, 5.41) is 9.95. The Hall–Kier alpha value is -4.02. The Balaban J connectivity index is 1.47. The third-order valence-electron chi connectivity index (χ3n) is 5.87. The minimum absolute atomic E-state index is 0.00899. The van der Waals surface area contributed by atoms with Crippen molar-refractivity contribution >= 4 is 29.3 Å². The highest BCUT2D eigenvalue weighted by molar-refractivity contribution is 6.32. The molecule has 1 aliphatic heterocycles. The van der Waals surface area contributed by atoms with Crippen LogP contribution in [-0.4, -0.2) is 44.1 Å². The molecule has 0 aliphatic carbocycles. The summed E-state index contributed by atoms with van der Waals surface area (Å²) in [6.07, 6.45) is 1.50. The number of para-hydroxylation sites is 1. The largest absolute Gasteiger partial charge is 0.493 e. The van der Waals surface area contributed by atoms with Crippen LogP contribution in [0.15, 0.2) is 72.3 Å². The lowest BCUT2D eigenvalue weighted by Crippen LogP contribution is -2.49. The number of carbonyl (C=O) groups is 1. The van der Waals surface area contributed by atoms with Gasteiger partial charge in [0.05, 0.1) is 12.1 Å². The van der Waals surface area contributed by atoms with Gasteiger partial charge in [-0.2, -0.15) is 5.26 Å². The van der Waals surface area contributed by atoms with Crippen molar-refractivity contribution in [2.75, 3.05) is 38.2 Å². The van der Waals surface area contributed by atoms with Crippen LogP contribution in [0.3, 0.4) is 0 Å². The molecule has 0 unspecified atom stereocenters. The molecule has 0 spiro atoms. The summed E-state index contributed by atoms with van der Waals surface area (Å²) in [4.78, 5) is 17.0. The van der Waals surface area contributed by atoms with E-state index in [0.29, 0.717) is 48.8 Å². The molecule has 4 rings (SSSR count).